The highest BCUT2D eigenvalue weighted by molar-refractivity contribution is 7.09. The number of carbonyl (C=O) groups is 2. The number of hydrogen-bond acceptors (Lipinski definition) is 5. The zero-order valence-electron chi connectivity index (χ0n) is 14.4. The van der Waals surface area contributed by atoms with Gasteiger partial charge in [0, 0.05) is 16.0 Å². The summed E-state index contributed by atoms with van der Waals surface area (Å²) in [6, 6.07) is 18.6. The van der Waals surface area contributed by atoms with Crippen molar-refractivity contribution in [1.82, 2.24) is 5.32 Å². The van der Waals surface area contributed by atoms with Crippen LogP contribution in [0.15, 0.2) is 66.0 Å². The maximum absolute atomic E-state index is 12.8. The van der Waals surface area contributed by atoms with Crippen LogP contribution in [0, 0.1) is 0 Å². The van der Waals surface area contributed by atoms with Crippen LogP contribution in [-0.2, 0) is 20.9 Å². The van der Waals surface area contributed by atoms with Crippen LogP contribution in [0.3, 0.4) is 0 Å². The van der Waals surface area contributed by atoms with E-state index in [1.165, 1.54) is 0 Å². The topological polar surface area (TPSA) is 64.6 Å². The molecule has 1 aromatic heterocycles. The summed E-state index contributed by atoms with van der Waals surface area (Å²) in [5.41, 5.74) is 1.47. The summed E-state index contributed by atoms with van der Waals surface area (Å²) in [4.78, 5) is 25.9. The third-order valence-corrected chi connectivity index (χ3v) is 5.18. The molecule has 0 unspecified atom stereocenters. The van der Waals surface area contributed by atoms with Crippen LogP contribution in [0.4, 0.5) is 0 Å². The predicted octanol–water partition coefficient (Wildman–Crippen LogP) is 3.85. The second-order valence-electron chi connectivity index (χ2n) is 6.07. The van der Waals surface area contributed by atoms with Crippen molar-refractivity contribution in [2.45, 2.75) is 12.5 Å². The molecule has 4 rings (SSSR count). The van der Waals surface area contributed by atoms with E-state index in [1.807, 2.05) is 66.0 Å². The first-order valence-electron chi connectivity index (χ1n) is 8.54. The normalized spacial score (nSPS) is 12.4. The molecule has 0 saturated heterocycles. The van der Waals surface area contributed by atoms with E-state index in [2.05, 4.69) is 5.32 Å². The Balaban J connectivity index is 1.46. The van der Waals surface area contributed by atoms with E-state index < -0.39 is 11.9 Å². The van der Waals surface area contributed by atoms with Gasteiger partial charge in [0.25, 0.3) is 5.91 Å². The fourth-order valence-corrected chi connectivity index (χ4v) is 3.68. The molecule has 1 N–H and O–H groups in total. The number of para-hydroxylation sites is 2. The molecular formula is C21H17NO4S. The second-order valence-corrected chi connectivity index (χ2v) is 7.11. The fraction of sp³-hybridized carbons (Fsp3) is 0.143. The number of nitrogens with one attached hydrogen (secondary N) is 1. The van der Waals surface area contributed by atoms with Gasteiger partial charge in [-0.2, -0.15) is 0 Å². The SMILES string of the molecule is O=C(COC(=O)C1c2ccccc2Oc2ccccc21)NCc1cccs1. The van der Waals surface area contributed by atoms with Gasteiger partial charge in [0.2, 0.25) is 0 Å². The van der Waals surface area contributed by atoms with Crippen LogP contribution in [-0.4, -0.2) is 18.5 Å². The average Bonchev–Trinajstić information content (AvgIpc) is 3.22. The van der Waals surface area contributed by atoms with Gasteiger partial charge < -0.3 is 14.8 Å². The summed E-state index contributed by atoms with van der Waals surface area (Å²) in [6.45, 7) is 0.114. The van der Waals surface area contributed by atoms with Crippen molar-refractivity contribution in [2.24, 2.45) is 0 Å². The molecule has 0 spiro atoms. The van der Waals surface area contributed by atoms with Gasteiger partial charge in [-0.3, -0.25) is 9.59 Å². The fourth-order valence-electron chi connectivity index (χ4n) is 3.03. The zero-order valence-corrected chi connectivity index (χ0v) is 15.2. The van der Waals surface area contributed by atoms with Gasteiger partial charge in [-0.1, -0.05) is 42.5 Å². The number of rotatable bonds is 5. The van der Waals surface area contributed by atoms with E-state index in [-0.39, 0.29) is 12.5 Å². The summed E-state index contributed by atoms with van der Waals surface area (Å²) in [5.74, 6) is -0.160. The molecule has 1 aliphatic heterocycles. The monoisotopic (exact) mass is 379 g/mol. The number of hydrogen-bond donors (Lipinski definition) is 1. The lowest BCUT2D eigenvalue weighted by atomic mass is 9.88. The smallest absolute Gasteiger partial charge is 0.318 e. The molecule has 6 heteroatoms. The van der Waals surface area contributed by atoms with E-state index in [1.54, 1.807) is 11.3 Å². The van der Waals surface area contributed by atoms with Crippen molar-refractivity contribution in [3.63, 3.8) is 0 Å². The molecule has 1 amide bonds. The molecule has 136 valence electrons. The Hall–Kier alpha value is -3.12. The molecule has 3 aromatic rings. The lowest BCUT2D eigenvalue weighted by molar-refractivity contribution is -0.149. The summed E-state index contributed by atoms with van der Waals surface area (Å²) >= 11 is 1.56. The third kappa shape index (κ3) is 3.71. The number of amides is 1. The summed E-state index contributed by atoms with van der Waals surface area (Å²) in [7, 11) is 0. The van der Waals surface area contributed by atoms with Gasteiger partial charge in [0.1, 0.15) is 17.4 Å². The van der Waals surface area contributed by atoms with Gasteiger partial charge in [-0.15, -0.1) is 11.3 Å². The maximum Gasteiger partial charge on any atom is 0.318 e. The molecule has 0 bridgehead atoms. The molecule has 2 heterocycles. The van der Waals surface area contributed by atoms with Crippen molar-refractivity contribution in [3.05, 3.63) is 82.0 Å². The van der Waals surface area contributed by atoms with Crippen molar-refractivity contribution < 1.29 is 19.1 Å². The average molecular weight is 379 g/mol. The van der Waals surface area contributed by atoms with E-state index in [9.17, 15) is 9.59 Å². The highest BCUT2D eigenvalue weighted by Crippen LogP contribution is 2.44. The van der Waals surface area contributed by atoms with Crippen LogP contribution >= 0.6 is 11.3 Å². The summed E-state index contributed by atoms with van der Waals surface area (Å²) in [6.07, 6.45) is 0. The van der Waals surface area contributed by atoms with Crippen LogP contribution in [0.2, 0.25) is 0 Å². The van der Waals surface area contributed by atoms with Crippen molar-refractivity contribution in [2.75, 3.05) is 6.61 Å². The zero-order chi connectivity index (χ0) is 18.6. The third-order valence-electron chi connectivity index (χ3n) is 4.30. The van der Waals surface area contributed by atoms with Gasteiger partial charge in [0.15, 0.2) is 6.61 Å². The largest absolute Gasteiger partial charge is 0.457 e. The van der Waals surface area contributed by atoms with Gasteiger partial charge in [0.05, 0.1) is 6.54 Å². The van der Waals surface area contributed by atoms with Gasteiger partial charge in [-0.25, -0.2) is 0 Å². The van der Waals surface area contributed by atoms with Crippen LogP contribution in [0.5, 0.6) is 11.5 Å². The van der Waals surface area contributed by atoms with Crippen LogP contribution in [0.1, 0.15) is 21.9 Å². The minimum atomic E-state index is -0.615. The van der Waals surface area contributed by atoms with E-state index in [0.717, 1.165) is 16.0 Å². The highest BCUT2D eigenvalue weighted by Gasteiger charge is 2.33. The Morgan fingerprint density at radius 2 is 1.63 bits per heavy atom. The number of benzene rings is 2. The Kier molecular flexibility index (Phi) is 4.89. The molecule has 27 heavy (non-hydrogen) atoms. The van der Waals surface area contributed by atoms with Gasteiger partial charge in [-0.05, 0) is 23.6 Å². The molecule has 0 radical (unpaired) electrons. The second kappa shape index (κ2) is 7.63. The minimum Gasteiger partial charge on any atom is -0.457 e. The Morgan fingerprint density at radius 3 is 2.26 bits per heavy atom. The summed E-state index contributed by atoms with van der Waals surface area (Å²) in [5, 5.41) is 4.70. The molecule has 5 nitrogen and oxygen atoms in total. The Morgan fingerprint density at radius 1 is 0.963 bits per heavy atom. The van der Waals surface area contributed by atoms with Crippen LogP contribution < -0.4 is 10.1 Å². The maximum atomic E-state index is 12.8. The first-order valence-corrected chi connectivity index (χ1v) is 9.42. The molecule has 0 aliphatic carbocycles. The van der Waals surface area contributed by atoms with E-state index >= 15 is 0 Å². The highest BCUT2D eigenvalue weighted by atomic mass is 32.1. The molecule has 1 aliphatic rings. The number of thiophene rings is 1. The van der Waals surface area contributed by atoms with Crippen molar-refractivity contribution in [3.8, 4) is 11.5 Å². The van der Waals surface area contributed by atoms with Crippen molar-refractivity contribution >= 4 is 23.2 Å². The quantitative estimate of drug-likeness (QED) is 0.684. The lowest BCUT2D eigenvalue weighted by Crippen LogP contribution is -2.30. The number of fused-ring (bicyclic) bond motifs is 2. The van der Waals surface area contributed by atoms with Crippen molar-refractivity contribution in [1.29, 1.82) is 0 Å². The minimum absolute atomic E-state index is 0.314. The first-order chi connectivity index (χ1) is 13.2. The first kappa shape index (κ1) is 17.3. The summed E-state index contributed by atoms with van der Waals surface area (Å²) < 4.78 is 11.2. The molecule has 2 aromatic carbocycles. The molecular weight excluding hydrogens is 362 g/mol. The lowest BCUT2D eigenvalue weighted by Gasteiger charge is -2.26. The predicted molar refractivity (Wildman–Crippen MR) is 102 cm³/mol. The van der Waals surface area contributed by atoms with E-state index in [0.29, 0.717) is 18.0 Å². The molecule has 0 fully saturated rings. The number of esters is 1. The number of carbonyl (C=O) groups excluding carboxylic acids is 2. The van der Waals surface area contributed by atoms with Crippen LogP contribution in [0.25, 0.3) is 0 Å². The molecule has 0 atom stereocenters. The molecule has 0 saturated carbocycles. The number of ether oxygens (including phenoxy) is 2. The standard InChI is InChI=1S/C21H17NO4S/c23-19(22-12-14-6-5-11-27-14)13-25-21(24)20-15-7-1-3-9-17(15)26-18-10-4-2-8-16(18)20/h1-11,20H,12-13H2,(H,22,23). The Labute approximate surface area is 160 Å². The van der Waals surface area contributed by atoms with Gasteiger partial charge >= 0.3 is 5.97 Å². The van der Waals surface area contributed by atoms with E-state index in [4.69, 9.17) is 9.47 Å². The Bertz CT molecular complexity index is 922.